The van der Waals surface area contributed by atoms with Crippen molar-refractivity contribution in [1.29, 1.82) is 0 Å². The van der Waals surface area contributed by atoms with Gasteiger partial charge < -0.3 is 10.2 Å². The first-order chi connectivity index (χ1) is 8.54. The average Bonchev–Trinajstić information content (AvgIpc) is 2.47. The summed E-state index contributed by atoms with van der Waals surface area (Å²) < 4.78 is 0. The lowest BCUT2D eigenvalue weighted by Crippen LogP contribution is -2.45. The van der Waals surface area contributed by atoms with Gasteiger partial charge in [0.2, 0.25) is 0 Å². The third-order valence-electron chi connectivity index (χ3n) is 5.44. The maximum absolute atomic E-state index is 3.60. The van der Waals surface area contributed by atoms with Crippen molar-refractivity contribution in [1.82, 2.24) is 10.2 Å². The Balaban J connectivity index is 1.95. The molecule has 0 aromatic carbocycles. The molecular weight excluding hydrogens is 220 g/mol. The molecule has 0 amide bonds. The van der Waals surface area contributed by atoms with Crippen LogP contribution >= 0.6 is 0 Å². The van der Waals surface area contributed by atoms with E-state index < -0.39 is 0 Å². The molecule has 1 aliphatic carbocycles. The Kier molecular flexibility index (Phi) is 4.71. The predicted molar refractivity (Wildman–Crippen MR) is 78.9 cm³/mol. The Hall–Kier alpha value is -0.0800. The summed E-state index contributed by atoms with van der Waals surface area (Å²) in [6.45, 7) is 9.93. The van der Waals surface area contributed by atoms with Gasteiger partial charge >= 0.3 is 0 Å². The normalized spacial score (nSPS) is 37.7. The molecule has 2 nitrogen and oxygen atoms in total. The lowest BCUT2D eigenvalue weighted by atomic mass is 9.84. The fourth-order valence-corrected chi connectivity index (χ4v) is 4.25. The SMILES string of the molecule is CNC1C(CN2CCCCCC2C)CCC1(C)C. The first kappa shape index (κ1) is 14.3. The van der Waals surface area contributed by atoms with Gasteiger partial charge in [0.1, 0.15) is 0 Å². The zero-order chi connectivity index (χ0) is 13.2. The van der Waals surface area contributed by atoms with Gasteiger partial charge in [0.15, 0.2) is 0 Å². The quantitative estimate of drug-likeness (QED) is 0.829. The molecule has 0 aromatic rings. The molecule has 3 unspecified atom stereocenters. The zero-order valence-corrected chi connectivity index (χ0v) is 12.8. The molecule has 1 saturated carbocycles. The standard InChI is InChI=1S/C16H32N2/c1-13-8-6-5-7-11-18(13)12-14-9-10-16(2,3)15(14)17-4/h13-15,17H,5-12H2,1-4H3. The average molecular weight is 252 g/mol. The Morgan fingerprint density at radius 3 is 2.67 bits per heavy atom. The van der Waals surface area contributed by atoms with E-state index in [2.05, 4.69) is 38.0 Å². The highest BCUT2D eigenvalue weighted by Crippen LogP contribution is 2.41. The molecule has 0 bridgehead atoms. The fourth-order valence-electron chi connectivity index (χ4n) is 4.25. The number of nitrogens with zero attached hydrogens (tertiary/aromatic N) is 1. The number of likely N-dealkylation sites (tertiary alicyclic amines) is 1. The van der Waals surface area contributed by atoms with E-state index >= 15 is 0 Å². The van der Waals surface area contributed by atoms with Gasteiger partial charge in [-0.25, -0.2) is 0 Å². The van der Waals surface area contributed by atoms with Crippen LogP contribution in [0.2, 0.25) is 0 Å². The van der Waals surface area contributed by atoms with Crippen LogP contribution in [0.1, 0.15) is 59.3 Å². The summed E-state index contributed by atoms with van der Waals surface area (Å²) in [7, 11) is 2.15. The molecule has 1 saturated heterocycles. The van der Waals surface area contributed by atoms with Gasteiger partial charge in [-0.2, -0.15) is 0 Å². The minimum Gasteiger partial charge on any atom is -0.316 e. The summed E-state index contributed by atoms with van der Waals surface area (Å²) in [5, 5.41) is 3.60. The van der Waals surface area contributed by atoms with E-state index in [4.69, 9.17) is 0 Å². The number of rotatable bonds is 3. The van der Waals surface area contributed by atoms with Crippen LogP contribution in [0.25, 0.3) is 0 Å². The van der Waals surface area contributed by atoms with Crippen molar-refractivity contribution in [3.05, 3.63) is 0 Å². The van der Waals surface area contributed by atoms with E-state index in [1.54, 1.807) is 0 Å². The Morgan fingerprint density at radius 1 is 1.17 bits per heavy atom. The van der Waals surface area contributed by atoms with E-state index in [0.29, 0.717) is 11.5 Å². The van der Waals surface area contributed by atoms with E-state index in [0.717, 1.165) is 12.0 Å². The van der Waals surface area contributed by atoms with Crippen molar-refractivity contribution in [3.8, 4) is 0 Å². The van der Waals surface area contributed by atoms with Crippen LogP contribution in [0.15, 0.2) is 0 Å². The summed E-state index contributed by atoms with van der Waals surface area (Å²) in [5.41, 5.74) is 0.481. The van der Waals surface area contributed by atoms with Gasteiger partial charge in [0.25, 0.3) is 0 Å². The van der Waals surface area contributed by atoms with Crippen LogP contribution in [0.4, 0.5) is 0 Å². The monoisotopic (exact) mass is 252 g/mol. The summed E-state index contributed by atoms with van der Waals surface area (Å²) in [5.74, 6) is 0.852. The fraction of sp³-hybridized carbons (Fsp3) is 1.00. The van der Waals surface area contributed by atoms with Crippen LogP contribution in [-0.2, 0) is 0 Å². The molecule has 1 heterocycles. The number of hydrogen-bond acceptors (Lipinski definition) is 2. The van der Waals surface area contributed by atoms with Crippen molar-refractivity contribution in [2.45, 2.75) is 71.4 Å². The summed E-state index contributed by atoms with van der Waals surface area (Å²) in [6, 6.07) is 1.50. The second kappa shape index (κ2) is 5.92. The third kappa shape index (κ3) is 3.08. The van der Waals surface area contributed by atoms with Crippen LogP contribution in [0.3, 0.4) is 0 Å². The van der Waals surface area contributed by atoms with Crippen molar-refractivity contribution in [3.63, 3.8) is 0 Å². The molecule has 3 atom stereocenters. The molecule has 1 aliphatic heterocycles. The third-order valence-corrected chi connectivity index (χ3v) is 5.44. The van der Waals surface area contributed by atoms with Gasteiger partial charge in [-0.3, -0.25) is 0 Å². The molecule has 1 N–H and O–H groups in total. The van der Waals surface area contributed by atoms with Crippen LogP contribution in [0.5, 0.6) is 0 Å². The molecule has 2 aliphatic rings. The molecule has 106 valence electrons. The molecule has 2 fully saturated rings. The predicted octanol–water partition coefficient (Wildman–Crippen LogP) is 3.28. The lowest BCUT2D eigenvalue weighted by Gasteiger charge is -2.35. The van der Waals surface area contributed by atoms with E-state index in [1.165, 1.54) is 51.6 Å². The van der Waals surface area contributed by atoms with E-state index in [9.17, 15) is 0 Å². The topological polar surface area (TPSA) is 15.3 Å². The van der Waals surface area contributed by atoms with Gasteiger partial charge in [-0.1, -0.05) is 26.7 Å². The van der Waals surface area contributed by atoms with E-state index in [1.807, 2.05) is 0 Å². The summed E-state index contributed by atoms with van der Waals surface area (Å²) in [6.07, 6.45) is 8.47. The molecule has 0 aromatic heterocycles. The maximum atomic E-state index is 3.60. The molecule has 2 rings (SSSR count). The van der Waals surface area contributed by atoms with Gasteiger partial charge in [0.05, 0.1) is 0 Å². The van der Waals surface area contributed by atoms with Crippen molar-refractivity contribution in [2.24, 2.45) is 11.3 Å². The summed E-state index contributed by atoms with van der Waals surface area (Å²) in [4.78, 5) is 2.77. The molecular formula is C16H32N2. The Labute approximate surface area is 114 Å². The van der Waals surface area contributed by atoms with Crippen LogP contribution in [-0.4, -0.2) is 37.1 Å². The highest BCUT2D eigenvalue weighted by Gasteiger charge is 2.41. The number of nitrogens with one attached hydrogen (secondary N) is 1. The lowest BCUT2D eigenvalue weighted by molar-refractivity contribution is 0.155. The first-order valence-electron chi connectivity index (χ1n) is 7.96. The highest BCUT2D eigenvalue weighted by molar-refractivity contribution is 4.97. The Morgan fingerprint density at radius 2 is 1.94 bits per heavy atom. The molecule has 2 heteroatoms. The van der Waals surface area contributed by atoms with Crippen molar-refractivity contribution in [2.75, 3.05) is 20.1 Å². The summed E-state index contributed by atoms with van der Waals surface area (Å²) >= 11 is 0. The zero-order valence-electron chi connectivity index (χ0n) is 12.8. The first-order valence-corrected chi connectivity index (χ1v) is 7.96. The minimum absolute atomic E-state index is 0.481. The van der Waals surface area contributed by atoms with Gasteiger partial charge in [-0.05, 0) is 57.5 Å². The molecule has 0 spiro atoms. The Bertz CT molecular complexity index is 262. The second-order valence-electron chi connectivity index (χ2n) is 7.25. The van der Waals surface area contributed by atoms with Crippen molar-refractivity contribution < 1.29 is 0 Å². The minimum atomic E-state index is 0.481. The van der Waals surface area contributed by atoms with Crippen LogP contribution < -0.4 is 5.32 Å². The van der Waals surface area contributed by atoms with Crippen LogP contribution in [0, 0.1) is 11.3 Å². The molecule has 0 radical (unpaired) electrons. The highest BCUT2D eigenvalue weighted by atomic mass is 15.2. The van der Waals surface area contributed by atoms with Crippen molar-refractivity contribution >= 4 is 0 Å². The molecule has 18 heavy (non-hydrogen) atoms. The maximum Gasteiger partial charge on any atom is 0.0156 e. The largest absolute Gasteiger partial charge is 0.316 e. The van der Waals surface area contributed by atoms with Gasteiger partial charge in [0, 0.05) is 18.6 Å². The number of hydrogen-bond donors (Lipinski definition) is 1. The smallest absolute Gasteiger partial charge is 0.0156 e. The van der Waals surface area contributed by atoms with Gasteiger partial charge in [-0.15, -0.1) is 0 Å². The van der Waals surface area contributed by atoms with E-state index in [-0.39, 0.29) is 0 Å². The second-order valence-corrected chi connectivity index (χ2v) is 7.25.